The van der Waals surface area contributed by atoms with Gasteiger partial charge in [-0.3, -0.25) is 4.79 Å². The van der Waals surface area contributed by atoms with Gasteiger partial charge in [0.1, 0.15) is 18.5 Å². The third-order valence-corrected chi connectivity index (χ3v) is 1.76. The lowest BCUT2D eigenvalue weighted by Crippen LogP contribution is -2.40. The van der Waals surface area contributed by atoms with Crippen molar-refractivity contribution in [1.82, 2.24) is 4.90 Å². The first-order valence-electron chi connectivity index (χ1n) is 2.80. The van der Waals surface area contributed by atoms with Crippen molar-refractivity contribution in [2.45, 2.75) is 11.9 Å². The summed E-state index contributed by atoms with van der Waals surface area (Å²) in [7, 11) is 3.95. The van der Waals surface area contributed by atoms with E-state index in [0.717, 1.165) is 4.90 Å². The zero-order valence-corrected chi connectivity index (χ0v) is 8.02. The molecule has 0 fully saturated rings. The van der Waals surface area contributed by atoms with Crippen LogP contribution in [0.1, 0.15) is 0 Å². The van der Waals surface area contributed by atoms with Crippen molar-refractivity contribution < 1.29 is 20.1 Å². The van der Waals surface area contributed by atoms with Crippen molar-refractivity contribution in [3.8, 4) is 0 Å². The van der Waals surface area contributed by atoms with Crippen LogP contribution < -0.4 is 0 Å². The molecule has 0 saturated heterocycles. The van der Waals surface area contributed by atoms with E-state index in [-0.39, 0.29) is 0 Å². The van der Waals surface area contributed by atoms with Crippen molar-refractivity contribution >= 4 is 24.4 Å². The minimum absolute atomic E-state index is 0.407. The molecule has 0 radical (unpaired) electrons. The molecule has 0 aliphatic carbocycles. The Bertz CT molecular complexity index is 132. The summed E-state index contributed by atoms with van der Waals surface area (Å²) in [6.45, 7) is -0.407. The number of carboxylic acid groups (broad SMARTS) is 1. The Morgan fingerprint density at radius 2 is 1.73 bits per heavy atom. The second kappa shape index (κ2) is 4.96. The van der Waals surface area contributed by atoms with Gasteiger partial charge in [0, 0.05) is 0 Å². The van der Waals surface area contributed by atoms with Crippen molar-refractivity contribution in [3.05, 3.63) is 0 Å². The van der Waals surface area contributed by atoms with Gasteiger partial charge in [-0.15, -0.1) is 0 Å². The Labute approximate surface area is 68.8 Å². The van der Waals surface area contributed by atoms with Gasteiger partial charge < -0.3 is 15.3 Å². The highest BCUT2D eigenvalue weighted by atomic mass is 31.0. The molecule has 0 aliphatic heterocycles. The number of rotatable bonds is 4. The average molecular weight is 199 g/mol. The molecule has 0 aliphatic rings. The van der Waals surface area contributed by atoms with E-state index in [1.165, 1.54) is 0 Å². The van der Waals surface area contributed by atoms with Crippen LogP contribution in [0.25, 0.3) is 0 Å². The molecule has 4 atom stereocenters. The molecule has 4 unspecified atom stereocenters. The van der Waals surface area contributed by atoms with E-state index in [2.05, 4.69) is 0 Å². The van der Waals surface area contributed by atoms with Crippen LogP contribution in [0.2, 0.25) is 0 Å². The minimum atomic E-state index is -1.10. The van der Waals surface area contributed by atoms with Crippen LogP contribution in [0.15, 0.2) is 0 Å². The van der Waals surface area contributed by atoms with Crippen LogP contribution in [0.4, 0.5) is 0 Å². The van der Waals surface area contributed by atoms with E-state index < -0.39 is 24.5 Å². The molecule has 0 bridgehead atoms. The van der Waals surface area contributed by atoms with E-state index in [0.29, 0.717) is 0 Å². The molecule has 66 valence electrons. The molecule has 3 N–H and O–H groups in total. The van der Waals surface area contributed by atoms with Crippen LogP contribution in [0, 0.1) is 0 Å². The smallest absolute Gasteiger partial charge is 0.317 e. The topological polar surface area (TPSA) is 81.0 Å². The molecule has 0 aromatic carbocycles. The molecule has 11 heavy (non-hydrogen) atoms. The van der Waals surface area contributed by atoms with Crippen molar-refractivity contribution in [1.29, 1.82) is 0 Å². The van der Waals surface area contributed by atoms with E-state index in [9.17, 15) is 4.79 Å². The van der Waals surface area contributed by atoms with Crippen molar-refractivity contribution in [2.75, 3.05) is 6.54 Å². The maximum Gasteiger partial charge on any atom is 0.317 e. The molecule has 0 aromatic rings. The summed E-state index contributed by atoms with van der Waals surface area (Å²) < 4.78 is 0. The van der Waals surface area contributed by atoms with Crippen LogP contribution in [0.5, 0.6) is 0 Å². The highest BCUT2D eigenvalue weighted by molar-refractivity contribution is 7.18. The number of aliphatic hydroxyl groups is 2. The fourth-order valence-corrected chi connectivity index (χ4v) is 1.26. The zero-order valence-electron chi connectivity index (χ0n) is 5.71. The van der Waals surface area contributed by atoms with Gasteiger partial charge in [0.15, 0.2) is 0 Å². The van der Waals surface area contributed by atoms with Gasteiger partial charge in [-0.2, -0.15) is 0 Å². The molecule has 0 spiro atoms. The van der Waals surface area contributed by atoms with Crippen LogP contribution in [-0.4, -0.2) is 44.7 Å². The Morgan fingerprint density at radius 3 is 1.82 bits per heavy atom. The lowest BCUT2D eigenvalue weighted by molar-refractivity contribution is -0.142. The molecular formula is C4H11NO4P2. The summed E-state index contributed by atoms with van der Waals surface area (Å²) in [5.74, 6) is -3.22. The van der Waals surface area contributed by atoms with E-state index in [1.54, 1.807) is 0 Å². The number of nitrogens with zero attached hydrogens (tertiary/aromatic N) is 1. The SMILES string of the molecule is O=C(O)CN(C(O)P)C(O)P. The van der Waals surface area contributed by atoms with Gasteiger partial charge in [-0.25, -0.2) is 4.90 Å². The summed E-state index contributed by atoms with van der Waals surface area (Å²) >= 11 is 0. The molecule has 5 nitrogen and oxygen atoms in total. The minimum Gasteiger partial charge on any atom is -0.480 e. The highest BCUT2D eigenvalue weighted by Crippen LogP contribution is 2.11. The van der Waals surface area contributed by atoms with Gasteiger partial charge in [0.05, 0.1) is 0 Å². The molecular weight excluding hydrogens is 188 g/mol. The zero-order chi connectivity index (χ0) is 9.02. The fourth-order valence-electron chi connectivity index (χ4n) is 0.500. The number of aliphatic carboxylic acids is 1. The van der Waals surface area contributed by atoms with Gasteiger partial charge in [0.25, 0.3) is 0 Å². The fraction of sp³-hybridized carbons (Fsp3) is 0.750. The maximum atomic E-state index is 10.1. The molecule has 0 amide bonds. The normalized spacial score (nSPS) is 16.5. The predicted octanol–water partition coefficient (Wildman–Crippen LogP) is -1.33. The first-order valence-corrected chi connectivity index (χ1v) is 4.13. The number of aliphatic hydroxyl groups excluding tert-OH is 2. The molecule has 0 saturated carbocycles. The monoisotopic (exact) mass is 199 g/mol. The first kappa shape index (κ1) is 11.2. The van der Waals surface area contributed by atoms with Gasteiger partial charge in [-0.1, -0.05) is 18.5 Å². The summed E-state index contributed by atoms with van der Waals surface area (Å²) in [5, 5.41) is 26.1. The van der Waals surface area contributed by atoms with Crippen LogP contribution >= 0.6 is 18.5 Å². The van der Waals surface area contributed by atoms with Crippen LogP contribution in [0.3, 0.4) is 0 Å². The maximum absolute atomic E-state index is 10.1. The second-order valence-corrected chi connectivity index (χ2v) is 3.09. The lowest BCUT2D eigenvalue weighted by Gasteiger charge is -2.25. The van der Waals surface area contributed by atoms with Crippen molar-refractivity contribution in [2.24, 2.45) is 0 Å². The Balaban J connectivity index is 4.00. The summed E-state index contributed by atoms with van der Waals surface area (Å²) in [6.07, 6.45) is 0. The molecule has 0 rings (SSSR count). The van der Waals surface area contributed by atoms with E-state index in [1.807, 2.05) is 18.5 Å². The molecule has 0 aromatic heterocycles. The van der Waals surface area contributed by atoms with Gasteiger partial charge >= 0.3 is 5.97 Å². The lowest BCUT2D eigenvalue weighted by atomic mass is 10.6. The number of hydrogen-bond donors (Lipinski definition) is 3. The summed E-state index contributed by atoms with van der Waals surface area (Å²) in [4.78, 5) is 11.1. The molecule has 7 heteroatoms. The van der Waals surface area contributed by atoms with Gasteiger partial charge in [-0.05, 0) is 0 Å². The predicted molar refractivity (Wildman–Crippen MR) is 45.8 cm³/mol. The number of carbonyl (C=O) groups is 1. The Hall–Kier alpha value is 0.210. The van der Waals surface area contributed by atoms with Gasteiger partial charge in [0.2, 0.25) is 0 Å². The number of carboxylic acids is 1. The van der Waals surface area contributed by atoms with Crippen molar-refractivity contribution in [3.63, 3.8) is 0 Å². The number of hydrogen-bond acceptors (Lipinski definition) is 4. The molecule has 0 heterocycles. The Morgan fingerprint density at radius 1 is 1.36 bits per heavy atom. The third kappa shape index (κ3) is 4.62. The average Bonchev–Trinajstić information content (AvgIpc) is 1.81. The van der Waals surface area contributed by atoms with Crippen LogP contribution in [-0.2, 0) is 4.79 Å². The first-order chi connectivity index (χ1) is 4.95. The van der Waals surface area contributed by atoms with E-state index in [4.69, 9.17) is 15.3 Å². The second-order valence-electron chi connectivity index (χ2n) is 1.89. The quantitative estimate of drug-likeness (QED) is 0.386. The standard InChI is InChI=1S/C4H11NO4P2/c6-2(7)1-5(3(8)10)4(9)11/h3-4,8-9H,1,10-11H2,(H,6,7). The summed E-state index contributed by atoms with van der Waals surface area (Å²) in [5.41, 5.74) is 0. The Kier molecular flexibility index (Phi) is 5.06. The highest BCUT2D eigenvalue weighted by Gasteiger charge is 2.18. The third-order valence-electron chi connectivity index (χ3n) is 0.997. The largest absolute Gasteiger partial charge is 0.480 e. The summed E-state index contributed by atoms with van der Waals surface area (Å²) in [6, 6.07) is 0. The van der Waals surface area contributed by atoms with E-state index >= 15 is 0 Å².